The number of hydrogen-bond acceptors (Lipinski definition) is 3. The number of nitrogens with one attached hydrogen (secondary N) is 1. The molecule has 0 amide bonds. The van der Waals surface area contributed by atoms with E-state index in [1.807, 2.05) is 0 Å². The molecule has 3 N–H and O–H groups in total. The summed E-state index contributed by atoms with van der Waals surface area (Å²) < 4.78 is 2.37. The Balaban J connectivity index is 3.52. The zero-order chi connectivity index (χ0) is 6.57. The first-order valence-corrected chi connectivity index (χ1v) is 3.00. The molecule has 4 nitrogen and oxygen atoms in total. The number of carboxylic acid groups (broad SMARTS) is 1. The van der Waals surface area contributed by atoms with Crippen molar-refractivity contribution in [3.05, 3.63) is 0 Å². The molecule has 0 aromatic heterocycles. The van der Waals surface area contributed by atoms with Gasteiger partial charge < -0.3 is 10.2 Å². The highest BCUT2D eigenvalue weighted by Crippen LogP contribution is 1.83. The lowest BCUT2D eigenvalue weighted by Gasteiger charge is -2.02. The fourth-order valence-electron chi connectivity index (χ4n) is 0.159. The normalized spacial score (nSPS) is 13.2. The molecule has 0 aliphatic heterocycles. The van der Waals surface area contributed by atoms with Crippen LogP contribution in [-0.2, 0) is 4.79 Å². The average Bonchev–Trinajstić information content (AvgIpc) is 1.69. The SMILES string of the molecule is O=C(O)C(CO)NI. The van der Waals surface area contributed by atoms with Crippen molar-refractivity contribution >= 4 is 28.8 Å². The van der Waals surface area contributed by atoms with Crippen molar-refractivity contribution in [1.82, 2.24) is 3.53 Å². The van der Waals surface area contributed by atoms with Crippen LogP contribution in [0.2, 0.25) is 0 Å². The zero-order valence-corrected chi connectivity index (χ0v) is 6.12. The molecule has 48 valence electrons. The molecule has 0 aromatic carbocycles. The Morgan fingerprint density at radius 1 is 1.88 bits per heavy atom. The lowest BCUT2D eigenvalue weighted by molar-refractivity contribution is -0.139. The standard InChI is InChI=1S/C3H6INO3/c4-5-2(1-6)3(7)8/h2,5-6H,1H2,(H,7,8). The molecule has 0 saturated heterocycles. The van der Waals surface area contributed by atoms with Gasteiger partial charge in [-0.2, -0.15) is 0 Å². The molecular weight excluding hydrogens is 225 g/mol. The molecule has 1 atom stereocenters. The molecule has 5 heteroatoms. The van der Waals surface area contributed by atoms with Crippen LogP contribution in [-0.4, -0.2) is 28.8 Å². The van der Waals surface area contributed by atoms with Gasteiger partial charge >= 0.3 is 5.97 Å². The van der Waals surface area contributed by atoms with Gasteiger partial charge in [-0.3, -0.25) is 4.79 Å². The van der Waals surface area contributed by atoms with Gasteiger partial charge in [0, 0.05) is 22.9 Å². The second kappa shape index (κ2) is 4.04. The topological polar surface area (TPSA) is 69.6 Å². The third kappa shape index (κ3) is 2.43. The summed E-state index contributed by atoms with van der Waals surface area (Å²) in [5, 5.41) is 16.4. The van der Waals surface area contributed by atoms with Crippen molar-refractivity contribution < 1.29 is 15.0 Å². The summed E-state index contributed by atoms with van der Waals surface area (Å²) >= 11 is 1.67. The molecule has 0 rings (SSSR count). The minimum absolute atomic E-state index is 0.377. The van der Waals surface area contributed by atoms with Crippen LogP contribution in [0.5, 0.6) is 0 Å². The highest BCUT2D eigenvalue weighted by atomic mass is 127. The monoisotopic (exact) mass is 231 g/mol. The molecule has 0 aliphatic carbocycles. The number of aliphatic hydroxyl groups excluding tert-OH is 1. The molecule has 1 unspecified atom stereocenters. The zero-order valence-electron chi connectivity index (χ0n) is 3.97. The third-order valence-corrected chi connectivity index (χ3v) is 1.36. The second-order valence-corrected chi connectivity index (χ2v) is 1.81. The number of aliphatic carboxylic acids is 1. The Kier molecular flexibility index (Phi) is 4.11. The van der Waals surface area contributed by atoms with Crippen LogP contribution in [0, 0.1) is 0 Å². The number of carboxylic acids is 1. The van der Waals surface area contributed by atoms with Crippen molar-refractivity contribution in [3.63, 3.8) is 0 Å². The summed E-state index contributed by atoms with van der Waals surface area (Å²) in [6, 6.07) is -0.837. The second-order valence-electron chi connectivity index (χ2n) is 1.18. The first-order chi connectivity index (χ1) is 3.72. The van der Waals surface area contributed by atoms with E-state index in [1.165, 1.54) is 0 Å². The van der Waals surface area contributed by atoms with Gasteiger partial charge in [0.25, 0.3) is 0 Å². The largest absolute Gasteiger partial charge is 0.480 e. The van der Waals surface area contributed by atoms with Crippen LogP contribution >= 0.6 is 22.9 Å². The number of aliphatic hydroxyl groups is 1. The fraction of sp³-hybridized carbons (Fsp3) is 0.667. The van der Waals surface area contributed by atoms with Crippen molar-refractivity contribution in [2.24, 2.45) is 0 Å². The van der Waals surface area contributed by atoms with Gasteiger partial charge in [-0.05, 0) is 0 Å². The van der Waals surface area contributed by atoms with E-state index in [2.05, 4.69) is 3.53 Å². The molecule has 0 saturated carbocycles. The van der Waals surface area contributed by atoms with Crippen LogP contribution in [0.25, 0.3) is 0 Å². The number of halogens is 1. The first kappa shape index (κ1) is 8.12. The minimum Gasteiger partial charge on any atom is -0.480 e. The predicted octanol–water partition coefficient (Wildman–Crippen LogP) is -0.629. The molecule has 0 fully saturated rings. The Hall–Kier alpha value is 0.120. The highest BCUT2D eigenvalue weighted by Gasteiger charge is 2.12. The van der Waals surface area contributed by atoms with Gasteiger partial charge in [-0.15, -0.1) is 0 Å². The Bertz CT molecular complexity index is 82.6. The van der Waals surface area contributed by atoms with Crippen LogP contribution in [0.4, 0.5) is 0 Å². The van der Waals surface area contributed by atoms with Crippen LogP contribution in [0.15, 0.2) is 0 Å². The van der Waals surface area contributed by atoms with Gasteiger partial charge in [0.2, 0.25) is 0 Å². The van der Waals surface area contributed by atoms with E-state index in [9.17, 15) is 4.79 Å². The maximum Gasteiger partial charge on any atom is 0.323 e. The van der Waals surface area contributed by atoms with Gasteiger partial charge in [0.05, 0.1) is 6.61 Å². The molecule has 0 radical (unpaired) electrons. The number of rotatable bonds is 3. The van der Waals surface area contributed by atoms with E-state index in [1.54, 1.807) is 22.9 Å². The van der Waals surface area contributed by atoms with Crippen LogP contribution in [0.1, 0.15) is 0 Å². The summed E-state index contributed by atoms with van der Waals surface area (Å²) in [5.41, 5.74) is 0. The van der Waals surface area contributed by atoms with E-state index in [-0.39, 0.29) is 6.61 Å². The number of hydrogen-bond donors (Lipinski definition) is 3. The van der Waals surface area contributed by atoms with Crippen LogP contribution < -0.4 is 3.53 Å². The van der Waals surface area contributed by atoms with E-state index in [0.29, 0.717) is 0 Å². The minimum atomic E-state index is -1.04. The lowest BCUT2D eigenvalue weighted by atomic mass is 10.3. The Labute approximate surface area is 60.4 Å². The van der Waals surface area contributed by atoms with E-state index < -0.39 is 12.0 Å². The summed E-state index contributed by atoms with van der Waals surface area (Å²) in [6.45, 7) is -0.377. The molecule has 8 heavy (non-hydrogen) atoms. The number of carbonyl (C=O) groups is 1. The van der Waals surface area contributed by atoms with Crippen molar-refractivity contribution in [2.75, 3.05) is 6.61 Å². The maximum atomic E-state index is 9.93. The quantitative estimate of drug-likeness (QED) is 0.446. The Morgan fingerprint density at radius 3 is 2.38 bits per heavy atom. The van der Waals surface area contributed by atoms with Gasteiger partial charge in [0.1, 0.15) is 6.04 Å². The smallest absolute Gasteiger partial charge is 0.323 e. The summed E-state index contributed by atoms with van der Waals surface area (Å²) in [6.07, 6.45) is 0. The molecule has 0 bridgehead atoms. The van der Waals surface area contributed by atoms with Crippen molar-refractivity contribution in [2.45, 2.75) is 6.04 Å². The third-order valence-electron chi connectivity index (χ3n) is 0.612. The van der Waals surface area contributed by atoms with Gasteiger partial charge in [0.15, 0.2) is 0 Å². The Morgan fingerprint density at radius 2 is 2.38 bits per heavy atom. The fourth-order valence-corrected chi connectivity index (χ4v) is 0.623. The summed E-state index contributed by atoms with van der Waals surface area (Å²) in [7, 11) is 0. The highest BCUT2D eigenvalue weighted by molar-refractivity contribution is 14.1. The molecule has 0 aliphatic rings. The summed E-state index contributed by atoms with van der Waals surface area (Å²) in [4.78, 5) is 9.93. The maximum absolute atomic E-state index is 9.93. The van der Waals surface area contributed by atoms with E-state index >= 15 is 0 Å². The van der Waals surface area contributed by atoms with Gasteiger partial charge in [-0.1, -0.05) is 0 Å². The summed E-state index contributed by atoms with van der Waals surface area (Å²) in [5.74, 6) is -1.04. The molecule has 0 aromatic rings. The molecule has 0 spiro atoms. The van der Waals surface area contributed by atoms with Crippen molar-refractivity contribution in [3.8, 4) is 0 Å². The molecule has 0 heterocycles. The molecular formula is C3H6INO3. The average molecular weight is 231 g/mol. The van der Waals surface area contributed by atoms with Crippen molar-refractivity contribution in [1.29, 1.82) is 0 Å². The van der Waals surface area contributed by atoms with E-state index in [0.717, 1.165) is 0 Å². The van der Waals surface area contributed by atoms with E-state index in [4.69, 9.17) is 10.2 Å². The van der Waals surface area contributed by atoms with Gasteiger partial charge in [-0.25, -0.2) is 3.53 Å². The van der Waals surface area contributed by atoms with Crippen LogP contribution in [0.3, 0.4) is 0 Å². The first-order valence-electron chi connectivity index (χ1n) is 1.92. The predicted molar refractivity (Wildman–Crippen MR) is 35.7 cm³/mol. The lowest BCUT2D eigenvalue weighted by Crippen LogP contribution is -2.33.